The van der Waals surface area contributed by atoms with Crippen molar-refractivity contribution in [2.24, 2.45) is 11.7 Å². The SMILES string of the molecule is CCc1nccn1CC1CCN(CC(N)=O)CC1. The third-order valence-corrected chi connectivity index (χ3v) is 3.66. The molecule has 2 rings (SSSR count). The van der Waals surface area contributed by atoms with E-state index in [0.29, 0.717) is 12.5 Å². The van der Waals surface area contributed by atoms with Crippen LogP contribution in [0.5, 0.6) is 0 Å². The number of carbonyl (C=O) groups excluding carboxylic acids is 1. The van der Waals surface area contributed by atoms with Crippen molar-refractivity contribution in [1.29, 1.82) is 0 Å². The molecule has 1 fully saturated rings. The zero-order chi connectivity index (χ0) is 13.0. The van der Waals surface area contributed by atoms with Crippen LogP contribution in [0.1, 0.15) is 25.6 Å². The van der Waals surface area contributed by atoms with Gasteiger partial charge >= 0.3 is 0 Å². The Morgan fingerprint density at radius 2 is 2.22 bits per heavy atom. The van der Waals surface area contributed by atoms with Crippen molar-refractivity contribution < 1.29 is 4.79 Å². The largest absolute Gasteiger partial charge is 0.369 e. The molecule has 0 aromatic carbocycles. The molecule has 5 nitrogen and oxygen atoms in total. The van der Waals surface area contributed by atoms with Crippen molar-refractivity contribution in [2.45, 2.75) is 32.7 Å². The summed E-state index contributed by atoms with van der Waals surface area (Å²) in [5.74, 6) is 1.62. The van der Waals surface area contributed by atoms with Gasteiger partial charge in [-0.25, -0.2) is 4.98 Å². The fourth-order valence-corrected chi connectivity index (χ4v) is 2.65. The Morgan fingerprint density at radius 3 is 2.83 bits per heavy atom. The quantitative estimate of drug-likeness (QED) is 0.834. The van der Waals surface area contributed by atoms with Gasteiger partial charge in [0.15, 0.2) is 0 Å². The van der Waals surface area contributed by atoms with Crippen molar-refractivity contribution in [1.82, 2.24) is 14.5 Å². The monoisotopic (exact) mass is 250 g/mol. The average Bonchev–Trinajstić information content (AvgIpc) is 2.78. The smallest absolute Gasteiger partial charge is 0.231 e. The first-order valence-corrected chi connectivity index (χ1v) is 6.69. The van der Waals surface area contributed by atoms with Crippen molar-refractivity contribution in [3.05, 3.63) is 18.2 Å². The molecule has 0 spiro atoms. The number of aromatic nitrogens is 2. The lowest BCUT2D eigenvalue weighted by Crippen LogP contribution is -2.40. The number of nitrogens with two attached hydrogens (primary N) is 1. The van der Waals surface area contributed by atoms with E-state index in [-0.39, 0.29) is 5.91 Å². The second-order valence-corrected chi connectivity index (χ2v) is 5.04. The number of carbonyl (C=O) groups is 1. The maximum Gasteiger partial charge on any atom is 0.231 e. The van der Waals surface area contributed by atoms with Crippen LogP contribution in [0.25, 0.3) is 0 Å². The Labute approximate surface area is 108 Å². The maximum absolute atomic E-state index is 10.9. The highest BCUT2D eigenvalue weighted by atomic mass is 16.1. The minimum Gasteiger partial charge on any atom is -0.369 e. The van der Waals surface area contributed by atoms with Crippen LogP contribution in [0.4, 0.5) is 0 Å². The number of hydrogen-bond donors (Lipinski definition) is 1. The average molecular weight is 250 g/mol. The molecule has 2 heterocycles. The molecule has 0 aliphatic carbocycles. The van der Waals surface area contributed by atoms with Gasteiger partial charge in [-0.2, -0.15) is 0 Å². The molecule has 0 bridgehead atoms. The van der Waals surface area contributed by atoms with Crippen LogP contribution in [-0.2, 0) is 17.8 Å². The normalized spacial score (nSPS) is 18.1. The molecular formula is C13H22N4O. The molecule has 0 atom stereocenters. The minimum atomic E-state index is -0.226. The number of primary amides is 1. The highest BCUT2D eigenvalue weighted by Crippen LogP contribution is 2.19. The summed E-state index contributed by atoms with van der Waals surface area (Å²) in [5.41, 5.74) is 5.21. The molecule has 0 radical (unpaired) electrons. The van der Waals surface area contributed by atoms with Crippen molar-refractivity contribution in [2.75, 3.05) is 19.6 Å². The molecule has 0 saturated carbocycles. The van der Waals surface area contributed by atoms with Gasteiger partial charge in [-0.3, -0.25) is 9.69 Å². The highest BCUT2D eigenvalue weighted by molar-refractivity contribution is 5.75. The molecule has 1 saturated heterocycles. The van der Waals surface area contributed by atoms with Gasteiger partial charge in [0.05, 0.1) is 6.54 Å². The Morgan fingerprint density at radius 1 is 1.50 bits per heavy atom. The van der Waals surface area contributed by atoms with Crippen LogP contribution < -0.4 is 5.73 Å². The fourth-order valence-electron chi connectivity index (χ4n) is 2.65. The lowest BCUT2D eigenvalue weighted by molar-refractivity contribution is -0.119. The summed E-state index contributed by atoms with van der Waals surface area (Å²) in [6, 6.07) is 0. The zero-order valence-corrected chi connectivity index (χ0v) is 11.0. The molecule has 0 unspecified atom stereocenters. The van der Waals surface area contributed by atoms with Gasteiger partial charge < -0.3 is 10.3 Å². The third-order valence-electron chi connectivity index (χ3n) is 3.66. The number of aryl methyl sites for hydroxylation is 1. The summed E-state index contributed by atoms with van der Waals surface area (Å²) in [4.78, 5) is 17.3. The van der Waals surface area contributed by atoms with Crippen LogP contribution in [0.2, 0.25) is 0 Å². The molecular weight excluding hydrogens is 228 g/mol. The predicted octanol–water partition coefficient (Wildman–Crippen LogP) is 0.643. The first-order chi connectivity index (χ1) is 8.69. The van der Waals surface area contributed by atoms with Gasteiger partial charge in [0.25, 0.3) is 0 Å². The van der Waals surface area contributed by atoms with E-state index in [1.165, 1.54) is 0 Å². The van der Waals surface area contributed by atoms with E-state index >= 15 is 0 Å². The summed E-state index contributed by atoms with van der Waals surface area (Å²) in [6.45, 7) is 5.54. The van der Waals surface area contributed by atoms with E-state index in [1.807, 2.05) is 6.20 Å². The number of hydrogen-bond acceptors (Lipinski definition) is 3. The molecule has 5 heteroatoms. The van der Waals surface area contributed by atoms with Crippen molar-refractivity contribution in [3.63, 3.8) is 0 Å². The predicted molar refractivity (Wildman–Crippen MR) is 70.0 cm³/mol. The maximum atomic E-state index is 10.9. The number of rotatable bonds is 5. The number of imidazole rings is 1. The Kier molecular flexibility index (Phi) is 4.36. The molecule has 2 N–H and O–H groups in total. The van der Waals surface area contributed by atoms with E-state index < -0.39 is 0 Å². The lowest BCUT2D eigenvalue weighted by Gasteiger charge is -2.31. The van der Waals surface area contributed by atoms with Crippen LogP contribution in [0.15, 0.2) is 12.4 Å². The molecule has 18 heavy (non-hydrogen) atoms. The van der Waals surface area contributed by atoms with Crippen LogP contribution in [0, 0.1) is 5.92 Å². The second kappa shape index (κ2) is 6.00. The summed E-state index contributed by atoms with van der Waals surface area (Å²) in [6.07, 6.45) is 7.19. The topological polar surface area (TPSA) is 64.2 Å². The van der Waals surface area contributed by atoms with Crippen molar-refractivity contribution in [3.8, 4) is 0 Å². The standard InChI is InChI=1S/C13H22N4O/c1-2-13-15-5-8-17(13)9-11-3-6-16(7-4-11)10-12(14)18/h5,8,11H,2-4,6-7,9-10H2,1H3,(H2,14,18). The molecule has 1 aliphatic rings. The number of nitrogens with zero attached hydrogens (tertiary/aromatic N) is 3. The molecule has 1 aromatic rings. The molecule has 1 amide bonds. The van der Waals surface area contributed by atoms with Gasteiger partial charge in [-0.05, 0) is 31.8 Å². The van der Waals surface area contributed by atoms with E-state index in [0.717, 1.165) is 44.7 Å². The Bertz CT molecular complexity index is 393. The van der Waals surface area contributed by atoms with E-state index in [4.69, 9.17) is 5.73 Å². The highest BCUT2D eigenvalue weighted by Gasteiger charge is 2.20. The van der Waals surface area contributed by atoms with E-state index in [2.05, 4.69) is 27.6 Å². The minimum absolute atomic E-state index is 0.226. The zero-order valence-electron chi connectivity index (χ0n) is 11.0. The second-order valence-electron chi connectivity index (χ2n) is 5.04. The van der Waals surface area contributed by atoms with Gasteiger partial charge in [-0.15, -0.1) is 0 Å². The fraction of sp³-hybridized carbons (Fsp3) is 0.692. The van der Waals surface area contributed by atoms with Crippen LogP contribution >= 0.6 is 0 Å². The first-order valence-electron chi connectivity index (χ1n) is 6.69. The van der Waals surface area contributed by atoms with Crippen molar-refractivity contribution >= 4 is 5.91 Å². The first kappa shape index (κ1) is 13.1. The summed E-state index contributed by atoms with van der Waals surface area (Å²) in [7, 11) is 0. The lowest BCUT2D eigenvalue weighted by atomic mass is 9.96. The third kappa shape index (κ3) is 3.32. The van der Waals surface area contributed by atoms with Gasteiger partial charge in [-0.1, -0.05) is 6.92 Å². The number of piperidine rings is 1. The van der Waals surface area contributed by atoms with Gasteiger partial charge in [0, 0.05) is 25.4 Å². The van der Waals surface area contributed by atoms with Crippen LogP contribution in [0.3, 0.4) is 0 Å². The summed E-state index contributed by atoms with van der Waals surface area (Å²) >= 11 is 0. The summed E-state index contributed by atoms with van der Waals surface area (Å²) in [5, 5.41) is 0. The van der Waals surface area contributed by atoms with Crippen LogP contribution in [-0.4, -0.2) is 40.0 Å². The Hall–Kier alpha value is -1.36. The Balaban J connectivity index is 1.81. The van der Waals surface area contributed by atoms with E-state index in [1.54, 1.807) is 0 Å². The molecule has 1 aliphatic heterocycles. The molecule has 1 aromatic heterocycles. The summed E-state index contributed by atoms with van der Waals surface area (Å²) < 4.78 is 2.26. The van der Waals surface area contributed by atoms with E-state index in [9.17, 15) is 4.79 Å². The van der Waals surface area contributed by atoms with Gasteiger partial charge in [0.2, 0.25) is 5.91 Å². The number of likely N-dealkylation sites (tertiary alicyclic amines) is 1. The van der Waals surface area contributed by atoms with Gasteiger partial charge in [0.1, 0.15) is 5.82 Å². The molecule has 100 valence electrons. The number of amides is 1.